The van der Waals surface area contributed by atoms with Gasteiger partial charge in [0.25, 0.3) is 0 Å². The lowest BCUT2D eigenvalue weighted by atomic mass is 10.2. The van der Waals surface area contributed by atoms with Gasteiger partial charge in [-0.1, -0.05) is 6.07 Å². The fraction of sp³-hybridized carbons (Fsp3) is 0.214. The number of halogens is 1. The molecule has 1 heterocycles. The highest BCUT2D eigenvalue weighted by Gasteiger charge is 2.09. The molecule has 0 spiro atoms. The summed E-state index contributed by atoms with van der Waals surface area (Å²) in [5.74, 6) is 0. The van der Waals surface area contributed by atoms with E-state index < -0.39 is 0 Å². The lowest BCUT2D eigenvalue weighted by Gasteiger charge is -2.24. The van der Waals surface area contributed by atoms with Crippen molar-refractivity contribution in [3.05, 3.63) is 52.8 Å². The molecule has 1 aromatic carbocycles. The second-order valence-corrected chi connectivity index (χ2v) is 4.90. The summed E-state index contributed by atoms with van der Waals surface area (Å²) < 4.78 is 1.01. The zero-order valence-electron chi connectivity index (χ0n) is 10.3. The Balaban J connectivity index is 2.23. The van der Waals surface area contributed by atoms with Gasteiger partial charge in [-0.15, -0.1) is 0 Å². The van der Waals surface area contributed by atoms with Crippen LogP contribution in [0.1, 0.15) is 12.6 Å². The van der Waals surface area contributed by atoms with E-state index in [1.165, 1.54) is 0 Å². The van der Waals surface area contributed by atoms with Crippen molar-refractivity contribution in [2.75, 3.05) is 17.2 Å². The van der Waals surface area contributed by atoms with Crippen LogP contribution in [-0.4, -0.2) is 11.5 Å². The molecule has 0 aliphatic carbocycles. The van der Waals surface area contributed by atoms with Gasteiger partial charge in [0.05, 0.1) is 17.9 Å². The van der Waals surface area contributed by atoms with Crippen LogP contribution in [0.3, 0.4) is 0 Å². The Bertz CT molecular complexity index is 514. The minimum Gasteiger partial charge on any atom is -0.399 e. The first kappa shape index (κ1) is 12.9. The Kier molecular flexibility index (Phi) is 4.20. The Hall–Kier alpha value is -1.55. The van der Waals surface area contributed by atoms with Crippen molar-refractivity contribution in [1.82, 2.24) is 4.98 Å². The van der Waals surface area contributed by atoms with Gasteiger partial charge in [-0.25, -0.2) is 0 Å². The Morgan fingerprint density at radius 3 is 2.72 bits per heavy atom. The van der Waals surface area contributed by atoms with E-state index in [1.54, 1.807) is 0 Å². The molecule has 4 heteroatoms. The number of benzene rings is 1. The van der Waals surface area contributed by atoms with E-state index in [2.05, 4.69) is 32.7 Å². The molecule has 0 aliphatic heterocycles. The molecule has 0 radical (unpaired) electrons. The summed E-state index contributed by atoms with van der Waals surface area (Å²) in [6, 6.07) is 11.9. The first-order valence-corrected chi connectivity index (χ1v) is 6.70. The van der Waals surface area contributed by atoms with Crippen LogP contribution in [0.25, 0.3) is 0 Å². The molecule has 0 amide bonds. The van der Waals surface area contributed by atoms with Crippen molar-refractivity contribution in [3.8, 4) is 0 Å². The van der Waals surface area contributed by atoms with Gasteiger partial charge >= 0.3 is 0 Å². The number of nitrogen functional groups attached to an aromatic ring is 1. The molecule has 0 atom stereocenters. The molecule has 2 aromatic rings. The van der Waals surface area contributed by atoms with Crippen LogP contribution in [0.15, 0.2) is 47.1 Å². The number of hydrogen-bond acceptors (Lipinski definition) is 3. The third-order valence-electron chi connectivity index (χ3n) is 2.77. The molecule has 94 valence electrons. The number of rotatable bonds is 4. The zero-order valence-corrected chi connectivity index (χ0v) is 11.9. The van der Waals surface area contributed by atoms with E-state index in [0.717, 1.165) is 34.6 Å². The van der Waals surface area contributed by atoms with Crippen molar-refractivity contribution in [2.24, 2.45) is 0 Å². The third kappa shape index (κ3) is 3.01. The summed E-state index contributed by atoms with van der Waals surface area (Å²) in [6.45, 7) is 3.84. The van der Waals surface area contributed by atoms with E-state index in [-0.39, 0.29) is 0 Å². The first-order chi connectivity index (χ1) is 8.70. The second kappa shape index (κ2) is 5.87. The van der Waals surface area contributed by atoms with Crippen LogP contribution < -0.4 is 10.6 Å². The molecule has 0 aliphatic rings. The van der Waals surface area contributed by atoms with Crippen LogP contribution >= 0.6 is 15.9 Å². The van der Waals surface area contributed by atoms with Gasteiger partial charge < -0.3 is 10.6 Å². The summed E-state index contributed by atoms with van der Waals surface area (Å²) in [5.41, 5.74) is 8.72. The summed E-state index contributed by atoms with van der Waals surface area (Å²) in [4.78, 5) is 6.61. The minimum atomic E-state index is 0.763. The van der Waals surface area contributed by atoms with Crippen LogP contribution in [-0.2, 0) is 6.54 Å². The summed E-state index contributed by atoms with van der Waals surface area (Å²) in [7, 11) is 0. The smallest absolute Gasteiger partial charge is 0.0602 e. The fourth-order valence-corrected chi connectivity index (χ4v) is 2.48. The molecule has 0 unspecified atom stereocenters. The van der Waals surface area contributed by atoms with E-state index in [9.17, 15) is 0 Å². The van der Waals surface area contributed by atoms with Crippen molar-refractivity contribution < 1.29 is 0 Å². The predicted octanol–water partition coefficient (Wildman–Crippen LogP) is 3.45. The Labute approximate surface area is 116 Å². The topological polar surface area (TPSA) is 42.2 Å². The van der Waals surface area contributed by atoms with Gasteiger partial charge in [-0.2, -0.15) is 0 Å². The normalized spacial score (nSPS) is 10.3. The van der Waals surface area contributed by atoms with E-state index in [0.29, 0.717) is 0 Å². The van der Waals surface area contributed by atoms with Gasteiger partial charge in [0, 0.05) is 22.9 Å². The highest BCUT2D eigenvalue weighted by atomic mass is 79.9. The SMILES string of the molecule is CCN(Cc1ccccn1)c1ccc(N)cc1Br. The zero-order chi connectivity index (χ0) is 13.0. The monoisotopic (exact) mass is 305 g/mol. The molecule has 0 saturated carbocycles. The second-order valence-electron chi connectivity index (χ2n) is 4.05. The maximum absolute atomic E-state index is 5.76. The molecule has 18 heavy (non-hydrogen) atoms. The van der Waals surface area contributed by atoms with E-state index >= 15 is 0 Å². The lowest BCUT2D eigenvalue weighted by Crippen LogP contribution is -2.23. The molecular weight excluding hydrogens is 290 g/mol. The third-order valence-corrected chi connectivity index (χ3v) is 3.41. The van der Waals surface area contributed by atoms with Gasteiger partial charge in [0.2, 0.25) is 0 Å². The average molecular weight is 306 g/mol. The van der Waals surface area contributed by atoms with Crippen LogP contribution in [0, 0.1) is 0 Å². The maximum Gasteiger partial charge on any atom is 0.0602 e. The van der Waals surface area contributed by atoms with Crippen LogP contribution in [0.4, 0.5) is 11.4 Å². The number of nitrogens with two attached hydrogens (primary N) is 1. The summed E-state index contributed by atoms with van der Waals surface area (Å²) >= 11 is 3.56. The van der Waals surface area contributed by atoms with E-state index in [1.807, 2.05) is 42.6 Å². The lowest BCUT2D eigenvalue weighted by molar-refractivity contribution is 0.808. The predicted molar refractivity (Wildman–Crippen MR) is 79.5 cm³/mol. The molecule has 0 saturated heterocycles. The van der Waals surface area contributed by atoms with Crippen molar-refractivity contribution in [1.29, 1.82) is 0 Å². The Morgan fingerprint density at radius 1 is 1.28 bits per heavy atom. The quantitative estimate of drug-likeness (QED) is 0.880. The van der Waals surface area contributed by atoms with Gasteiger partial charge in [-0.05, 0) is 53.2 Å². The number of nitrogens with zero attached hydrogens (tertiary/aromatic N) is 2. The Morgan fingerprint density at radius 2 is 2.11 bits per heavy atom. The molecule has 0 fully saturated rings. The summed E-state index contributed by atoms with van der Waals surface area (Å²) in [6.07, 6.45) is 1.82. The molecule has 3 nitrogen and oxygen atoms in total. The molecule has 0 bridgehead atoms. The highest BCUT2D eigenvalue weighted by Crippen LogP contribution is 2.29. The first-order valence-electron chi connectivity index (χ1n) is 5.90. The summed E-state index contributed by atoms with van der Waals surface area (Å²) in [5, 5.41) is 0. The van der Waals surface area contributed by atoms with E-state index in [4.69, 9.17) is 5.73 Å². The standard InChI is InChI=1S/C14H16BrN3/c1-2-18(10-12-5-3-4-8-17-12)14-7-6-11(16)9-13(14)15/h3-9H,2,10,16H2,1H3. The van der Waals surface area contributed by atoms with Crippen molar-refractivity contribution in [2.45, 2.75) is 13.5 Å². The van der Waals surface area contributed by atoms with Crippen LogP contribution in [0.2, 0.25) is 0 Å². The minimum absolute atomic E-state index is 0.763. The largest absolute Gasteiger partial charge is 0.399 e. The molecule has 1 aromatic heterocycles. The molecule has 2 N–H and O–H groups in total. The number of hydrogen-bond donors (Lipinski definition) is 1. The fourth-order valence-electron chi connectivity index (χ4n) is 1.83. The van der Waals surface area contributed by atoms with Crippen molar-refractivity contribution >= 4 is 27.3 Å². The number of anilines is 2. The number of pyridine rings is 1. The van der Waals surface area contributed by atoms with Crippen molar-refractivity contribution in [3.63, 3.8) is 0 Å². The van der Waals surface area contributed by atoms with Crippen LogP contribution in [0.5, 0.6) is 0 Å². The van der Waals surface area contributed by atoms with Gasteiger partial charge in [-0.3, -0.25) is 4.98 Å². The highest BCUT2D eigenvalue weighted by molar-refractivity contribution is 9.10. The van der Waals surface area contributed by atoms with Gasteiger partial charge in [0.15, 0.2) is 0 Å². The average Bonchev–Trinajstić information content (AvgIpc) is 2.38. The maximum atomic E-state index is 5.76. The molecule has 2 rings (SSSR count). The number of aromatic nitrogens is 1. The molecular formula is C14H16BrN3. The van der Waals surface area contributed by atoms with Gasteiger partial charge in [0.1, 0.15) is 0 Å².